The van der Waals surface area contributed by atoms with E-state index in [1.807, 2.05) is 19.1 Å². The number of rotatable bonds is 3. The number of nitrogens with one attached hydrogen (secondary N) is 1. The molecule has 1 spiro atoms. The third-order valence-electron chi connectivity index (χ3n) is 11.1. The standard InChI is InChI=1S/C34H43NO8/c1-13(2)10-19-25-16(5)15(4)12-18-11-14(3)8-9-20(36)27(38)23-24(32(40)34(18,25)33(41)35-19)30-22-21(29(23)43-30)17(6)26(37)31(42-7)28(22)39/h11-13,16,18-20,23-25,29-30,36-37,39H,8-10H2,1-7H3,(H,35,41)/b14-11+/t16-,18+,19+,20-,23-,24+,25?,29-,30+,34+/m1/s1. The zero-order chi connectivity index (χ0) is 31.3. The highest BCUT2D eigenvalue weighted by Gasteiger charge is 2.71. The van der Waals surface area contributed by atoms with Gasteiger partial charge in [0.05, 0.1) is 31.2 Å². The number of benzene rings is 1. The predicted molar refractivity (Wildman–Crippen MR) is 157 cm³/mol. The zero-order valence-electron chi connectivity index (χ0n) is 25.9. The van der Waals surface area contributed by atoms with Crippen molar-refractivity contribution in [2.24, 2.45) is 40.9 Å². The molecule has 232 valence electrons. The molecule has 3 heterocycles. The van der Waals surface area contributed by atoms with Crippen LogP contribution >= 0.6 is 0 Å². The summed E-state index contributed by atoms with van der Waals surface area (Å²) in [6.45, 7) is 11.9. The number of hydrogen-bond acceptors (Lipinski definition) is 8. The number of aromatic hydroxyl groups is 2. The molecule has 9 heteroatoms. The minimum Gasteiger partial charge on any atom is -0.504 e. The Morgan fingerprint density at radius 3 is 2.37 bits per heavy atom. The summed E-state index contributed by atoms with van der Waals surface area (Å²) >= 11 is 0. The number of fused-ring (bicyclic) bond motifs is 8. The number of allylic oxidation sites excluding steroid dienone is 4. The van der Waals surface area contributed by atoms with Crippen molar-refractivity contribution < 1.29 is 39.2 Å². The van der Waals surface area contributed by atoms with E-state index in [1.165, 1.54) is 7.11 Å². The minimum absolute atomic E-state index is 0.0824. The monoisotopic (exact) mass is 593 g/mol. The fraction of sp³-hybridized carbons (Fsp3) is 0.618. The first-order chi connectivity index (χ1) is 20.3. The highest BCUT2D eigenvalue weighted by atomic mass is 16.5. The van der Waals surface area contributed by atoms with Gasteiger partial charge in [0.15, 0.2) is 23.1 Å². The van der Waals surface area contributed by atoms with Gasteiger partial charge in [0.1, 0.15) is 11.5 Å². The summed E-state index contributed by atoms with van der Waals surface area (Å²) in [6, 6.07) is -0.240. The lowest BCUT2D eigenvalue weighted by molar-refractivity contribution is -0.152. The number of carbonyl (C=O) groups is 3. The highest BCUT2D eigenvalue weighted by molar-refractivity contribution is 6.12. The van der Waals surface area contributed by atoms with Gasteiger partial charge >= 0.3 is 0 Å². The Morgan fingerprint density at radius 1 is 1.05 bits per heavy atom. The van der Waals surface area contributed by atoms with Gasteiger partial charge in [-0.1, -0.05) is 44.1 Å². The molecular weight excluding hydrogens is 550 g/mol. The van der Waals surface area contributed by atoms with Crippen molar-refractivity contribution in [3.8, 4) is 17.2 Å². The lowest BCUT2D eigenvalue weighted by Crippen LogP contribution is -2.56. The SMILES string of the molecule is COc1c(O)c(C)c2c(c1O)[C@@H]1O[C@H]2[C@H]2C(=O)[C@H](O)CC/C(C)=C/[C@H]3C=C(C)[C@@H](C)C4[C@H](CC(C)C)NC(=O)[C@]43C(=O)[C@@H]21. The van der Waals surface area contributed by atoms with Crippen molar-refractivity contribution in [2.75, 3.05) is 7.11 Å². The third-order valence-corrected chi connectivity index (χ3v) is 11.1. The third kappa shape index (κ3) is 3.93. The topological polar surface area (TPSA) is 142 Å². The number of methoxy groups -OCH3 is 1. The van der Waals surface area contributed by atoms with Crippen LogP contribution < -0.4 is 10.1 Å². The molecule has 2 saturated heterocycles. The van der Waals surface area contributed by atoms with Crippen LogP contribution in [0.2, 0.25) is 0 Å². The average molecular weight is 594 g/mol. The van der Waals surface area contributed by atoms with Crippen molar-refractivity contribution in [1.82, 2.24) is 5.32 Å². The summed E-state index contributed by atoms with van der Waals surface area (Å²) in [7, 11) is 1.33. The van der Waals surface area contributed by atoms with Gasteiger partial charge in [0.25, 0.3) is 0 Å². The molecule has 1 aromatic rings. The number of ketones is 2. The van der Waals surface area contributed by atoms with E-state index < -0.39 is 47.3 Å². The van der Waals surface area contributed by atoms with Gasteiger partial charge in [-0.2, -0.15) is 0 Å². The highest BCUT2D eigenvalue weighted by Crippen LogP contribution is 2.67. The lowest BCUT2D eigenvalue weighted by atomic mass is 9.51. The number of aliphatic hydroxyl groups is 1. The van der Waals surface area contributed by atoms with Crippen LogP contribution in [-0.4, -0.2) is 52.0 Å². The normalized spacial score (nSPS) is 39.7. The molecule has 2 fully saturated rings. The van der Waals surface area contributed by atoms with Crippen LogP contribution in [-0.2, 0) is 19.1 Å². The Morgan fingerprint density at radius 2 is 1.72 bits per heavy atom. The fourth-order valence-electron chi connectivity index (χ4n) is 9.08. The van der Waals surface area contributed by atoms with Crippen LogP contribution in [0.25, 0.3) is 0 Å². The molecule has 0 radical (unpaired) electrons. The van der Waals surface area contributed by atoms with E-state index in [0.717, 1.165) is 11.1 Å². The van der Waals surface area contributed by atoms with Crippen LogP contribution in [0.3, 0.4) is 0 Å². The maximum absolute atomic E-state index is 15.5. The Kier molecular flexibility index (Phi) is 7.08. The Hall–Kier alpha value is -3.17. The smallest absolute Gasteiger partial charge is 0.235 e. The zero-order valence-corrected chi connectivity index (χ0v) is 25.9. The number of Topliss-reactive ketones (excluding diaryl/α,β-unsaturated/α-hetero) is 2. The van der Waals surface area contributed by atoms with E-state index >= 15 is 4.79 Å². The first-order valence-electron chi connectivity index (χ1n) is 15.5. The van der Waals surface area contributed by atoms with E-state index in [9.17, 15) is 24.9 Å². The Balaban J connectivity index is 1.62. The quantitative estimate of drug-likeness (QED) is 0.299. The molecule has 4 N–H and O–H groups in total. The van der Waals surface area contributed by atoms with Gasteiger partial charge < -0.3 is 30.1 Å². The molecule has 0 saturated carbocycles. The van der Waals surface area contributed by atoms with Gasteiger partial charge in [0, 0.05) is 29.0 Å². The van der Waals surface area contributed by atoms with Gasteiger partial charge in [-0.05, 0) is 57.4 Å². The number of aliphatic hydroxyl groups excluding tert-OH is 1. The van der Waals surface area contributed by atoms with Gasteiger partial charge in [-0.25, -0.2) is 0 Å². The second-order valence-corrected chi connectivity index (χ2v) is 13.9. The number of phenols is 2. The second kappa shape index (κ2) is 10.2. The van der Waals surface area contributed by atoms with Crippen molar-refractivity contribution in [1.29, 1.82) is 0 Å². The number of hydrogen-bond donors (Lipinski definition) is 4. The number of amides is 1. The maximum Gasteiger partial charge on any atom is 0.235 e. The van der Waals surface area contributed by atoms with E-state index in [2.05, 4.69) is 33.0 Å². The van der Waals surface area contributed by atoms with E-state index in [1.54, 1.807) is 6.92 Å². The molecule has 5 aliphatic rings. The Bertz CT molecular complexity index is 1480. The van der Waals surface area contributed by atoms with Crippen molar-refractivity contribution in [3.63, 3.8) is 0 Å². The number of ether oxygens (including phenoxy) is 2. The van der Waals surface area contributed by atoms with Crippen molar-refractivity contribution >= 4 is 17.5 Å². The van der Waals surface area contributed by atoms with Crippen LogP contribution in [0.15, 0.2) is 23.3 Å². The van der Waals surface area contributed by atoms with Gasteiger partial charge in [-0.15, -0.1) is 0 Å². The molecule has 1 unspecified atom stereocenters. The van der Waals surface area contributed by atoms with Gasteiger partial charge in [0.2, 0.25) is 11.7 Å². The Labute approximate surface area is 252 Å². The summed E-state index contributed by atoms with van der Waals surface area (Å²) in [4.78, 5) is 44.0. The molecule has 2 bridgehead atoms. The maximum atomic E-state index is 15.5. The molecule has 9 nitrogen and oxygen atoms in total. The molecule has 3 aliphatic heterocycles. The molecular formula is C34H43NO8. The molecule has 6 rings (SSSR count). The summed E-state index contributed by atoms with van der Waals surface area (Å²) < 4.78 is 11.7. The largest absolute Gasteiger partial charge is 0.504 e. The molecule has 1 amide bonds. The minimum atomic E-state index is -1.50. The van der Waals surface area contributed by atoms with Crippen LogP contribution in [0.4, 0.5) is 0 Å². The molecule has 1 aromatic carbocycles. The van der Waals surface area contributed by atoms with Gasteiger partial charge in [-0.3, -0.25) is 14.4 Å². The number of carbonyl (C=O) groups excluding carboxylic acids is 3. The van der Waals surface area contributed by atoms with E-state index in [-0.39, 0.29) is 59.2 Å². The lowest BCUT2D eigenvalue weighted by Gasteiger charge is -2.47. The van der Waals surface area contributed by atoms with E-state index in [0.29, 0.717) is 29.5 Å². The predicted octanol–water partition coefficient (Wildman–Crippen LogP) is 4.37. The number of phenolic OH excluding ortho intramolecular Hbond substituents is 2. The van der Waals surface area contributed by atoms with Crippen molar-refractivity contribution in [3.05, 3.63) is 40.0 Å². The van der Waals surface area contributed by atoms with Crippen LogP contribution in [0.5, 0.6) is 17.2 Å². The summed E-state index contributed by atoms with van der Waals surface area (Å²) in [5.74, 6) is -4.92. The van der Waals surface area contributed by atoms with Crippen molar-refractivity contribution in [2.45, 2.75) is 85.2 Å². The van der Waals surface area contributed by atoms with E-state index in [4.69, 9.17) is 9.47 Å². The van der Waals surface area contributed by atoms with Crippen LogP contribution in [0.1, 0.15) is 82.8 Å². The average Bonchev–Trinajstić information content (AvgIpc) is 3.60. The summed E-state index contributed by atoms with van der Waals surface area (Å²) in [6.07, 6.45) is 1.95. The molecule has 10 atom stereocenters. The van der Waals surface area contributed by atoms with Crippen LogP contribution in [0, 0.1) is 47.8 Å². The summed E-state index contributed by atoms with van der Waals surface area (Å²) in [5, 5.41) is 36.5. The summed E-state index contributed by atoms with van der Waals surface area (Å²) in [5.41, 5.74) is 1.63. The molecule has 43 heavy (non-hydrogen) atoms. The first kappa shape index (κ1) is 29.9. The molecule has 0 aromatic heterocycles. The molecule has 2 aliphatic carbocycles. The fourth-order valence-corrected chi connectivity index (χ4v) is 9.08. The second-order valence-electron chi connectivity index (χ2n) is 13.9. The first-order valence-corrected chi connectivity index (χ1v) is 15.5.